The molecule has 1 saturated carbocycles. The summed E-state index contributed by atoms with van der Waals surface area (Å²) in [4.78, 5) is 25.3. The number of sulfone groups is 1. The van der Waals surface area contributed by atoms with Crippen molar-refractivity contribution in [2.75, 3.05) is 25.9 Å². The minimum atomic E-state index is -3.45. The Kier molecular flexibility index (Phi) is 4.96. The third-order valence-electron chi connectivity index (χ3n) is 4.41. The molecule has 1 atom stereocenters. The summed E-state index contributed by atoms with van der Waals surface area (Å²) in [6, 6.07) is -0.610. The van der Waals surface area contributed by atoms with Crippen LogP contribution in [0.25, 0.3) is 0 Å². The molecule has 2 rings (SSSR count). The molecule has 1 aliphatic carbocycles. The highest BCUT2D eigenvalue weighted by Gasteiger charge is 2.43. The SMILES string of the molecule is CS(=O)(=O)C1CNCCN1C(=O)NC1(C(=O)O)CCCCC1. The number of hydrogen-bond donors (Lipinski definition) is 3. The van der Waals surface area contributed by atoms with E-state index >= 15 is 0 Å². The Bertz CT molecular complexity index is 542. The lowest BCUT2D eigenvalue weighted by Gasteiger charge is -2.39. The smallest absolute Gasteiger partial charge is 0.329 e. The average Bonchev–Trinajstić information content (AvgIpc) is 2.47. The Morgan fingerprint density at radius 1 is 1.27 bits per heavy atom. The van der Waals surface area contributed by atoms with Crippen molar-refractivity contribution in [3.63, 3.8) is 0 Å². The molecule has 0 radical (unpaired) electrons. The van der Waals surface area contributed by atoms with Crippen molar-refractivity contribution in [2.24, 2.45) is 0 Å². The van der Waals surface area contributed by atoms with E-state index in [1.165, 1.54) is 4.90 Å². The Balaban J connectivity index is 2.16. The van der Waals surface area contributed by atoms with Gasteiger partial charge in [0.2, 0.25) is 0 Å². The van der Waals surface area contributed by atoms with Crippen LogP contribution in [0.4, 0.5) is 4.79 Å². The molecule has 0 aromatic heterocycles. The van der Waals surface area contributed by atoms with Gasteiger partial charge in [-0.15, -0.1) is 0 Å². The second kappa shape index (κ2) is 6.41. The van der Waals surface area contributed by atoms with Gasteiger partial charge < -0.3 is 20.6 Å². The normalized spacial score (nSPS) is 25.5. The van der Waals surface area contributed by atoms with E-state index in [9.17, 15) is 23.1 Å². The van der Waals surface area contributed by atoms with Gasteiger partial charge in [-0.25, -0.2) is 18.0 Å². The van der Waals surface area contributed by atoms with Crippen molar-refractivity contribution < 1.29 is 23.1 Å². The number of nitrogens with zero attached hydrogens (tertiary/aromatic N) is 1. The van der Waals surface area contributed by atoms with Crippen LogP contribution in [-0.2, 0) is 14.6 Å². The van der Waals surface area contributed by atoms with Gasteiger partial charge in [-0.05, 0) is 12.8 Å². The Morgan fingerprint density at radius 2 is 1.91 bits per heavy atom. The lowest BCUT2D eigenvalue weighted by Crippen LogP contribution is -2.64. The lowest BCUT2D eigenvalue weighted by molar-refractivity contribution is -0.146. The molecule has 1 heterocycles. The van der Waals surface area contributed by atoms with Crippen LogP contribution in [0.2, 0.25) is 0 Å². The minimum Gasteiger partial charge on any atom is -0.480 e. The molecule has 1 aliphatic heterocycles. The predicted octanol–water partition coefficient (Wildman–Crippen LogP) is -0.241. The van der Waals surface area contributed by atoms with E-state index in [1.54, 1.807) is 0 Å². The zero-order valence-electron chi connectivity index (χ0n) is 12.7. The van der Waals surface area contributed by atoms with Crippen LogP contribution in [0, 0.1) is 0 Å². The molecule has 8 nitrogen and oxygen atoms in total. The molecule has 3 N–H and O–H groups in total. The molecule has 0 aromatic carbocycles. The maximum Gasteiger partial charge on any atom is 0.329 e. The molecule has 22 heavy (non-hydrogen) atoms. The quantitative estimate of drug-likeness (QED) is 0.656. The Labute approximate surface area is 130 Å². The largest absolute Gasteiger partial charge is 0.480 e. The summed E-state index contributed by atoms with van der Waals surface area (Å²) >= 11 is 0. The molecular weight excluding hydrogens is 310 g/mol. The fourth-order valence-electron chi connectivity index (χ4n) is 3.12. The molecule has 9 heteroatoms. The van der Waals surface area contributed by atoms with E-state index in [2.05, 4.69) is 10.6 Å². The van der Waals surface area contributed by atoms with E-state index in [4.69, 9.17) is 0 Å². The van der Waals surface area contributed by atoms with E-state index < -0.39 is 32.8 Å². The number of nitrogens with one attached hydrogen (secondary N) is 2. The lowest BCUT2D eigenvalue weighted by atomic mass is 9.82. The summed E-state index contributed by atoms with van der Waals surface area (Å²) in [5.41, 5.74) is -1.28. The Hall–Kier alpha value is -1.35. The van der Waals surface area contributed by atoms with Crippen molar-refractivity contribution in [1.29, 1.82) is 0 Å². The number of hydrogen-bond acceptors (Lipinski definition) is 5. The van der Waals surface area contributed by atoms with Crippen molar-refractivity contribution in [2.45, 2.75) is 43.0 Å². The number of amides is 2. The molecule has 2 fully saturated rings. The average molecular weight is 333 g/mol. The number of carboxylic acid groups (broad SMARTS) is 1. The topological polar surface area (TPSA) is 116 Å². The molecule has 0 spiro atoms. The first kappa shape index (κ1) is 17.0. The van der Waals surface area contributed by atoms with Gasteiger partial charge in [0.05, 0.1) is 0 Å². The third-order valence-corrected chi connectivity index (χ3v) is 5.82. The van der Waals surface area contributed by atoms with Crippen LogP contribution < -0.4 is 10.6 Å². The highest BCUT2D eigenvalue weighted by atomic mass is 32.2. The van der Waals surface area contributed by atoms with Gasteiger partial charge in [0.15, 0.2) is 9.84 Å². The number of aliphatic carboxylic acids is 1. The van der Waals surface area contributed by atoms with Crippen molar-refractivity contribution in [1.82, 2.24) is 15.5 Å². The van der Waals surface area contributed by atoms with E-state index in [-0.39, 0.29) is 13.1 Å². The first-order valence-electron chi connectivity index (χ1n) is 7.48. The van der Waals surface area contributed by atoms with Gasteiger partial charge in [-0.2, -0.15) is 0 Å². The van der Waals surface area contributed by atoms with Gasteiger partial charge in [-0.1, -0.05) is 19.3 Å². The number of urea groups is 1. The summed E-state index contributed by atoms with van der Waals surface area (Å²) in [6.45, 7) is 0.880. The van der Waals surface area contributed by atoms with E-state index in [0.717, 1.165) is 25.5 Å². The molecule has 126 valence electrons. The summed E-state index contributed by atoms with van der Waals surface area (Å²) in [7, 11) is -3.45. The second-order valence-corrected chi connectivity index (χ2v) is 8.26. The molecule has 2 amide bonds. The van der Waals surface area contributed by atoms with Gasteiger partial charge >= 0.3 is 12.0 Å². The van der Waals surface area contributed by atoms with Crippen LogP contribution >= 0.6 is 0 Å². The highest BCUT2D eigenvalue weighted by Crippen LogP contribution is 2.29. The van der Waals surface area contributed by atoms with E-state index in [0.29, 0.717) is 19.4 Å². The maximum absolute atomic E-state index is 12.5. The summed E-state index contributed by atoms with van der Waals surface area (Å²) in [5.74, 6) is -1.05. The summed E-state index contributed by atoms with van der Waals surface area (Å²) < 4.78 is 23.7. The van der Waals surface area contributed by atoms with Crippen molar-refractivity contribution >= 4 is 21.8 Å². The molecule has 0 aromatic rings. The number of rotatable bonds is 3. The summed E-state index contributed by atoms with van der Waals surface area (Å²) in [6.07, 6.45) is 4.27. The molecule has 1 saturated heterocycles. The summed E-state index contributed by atoms with van der Waals surface area (Å²) in [5, 5.41) is 14.1. The standard InChI is InChI=1S/C13H23N3O5S/c1-22(20,21)10-9-14-7-8-16(10)12(19)15-13(11(17)18)5-3-2-4-6-13/h10,14H,2-9H2,1H3,(H,15,19)(H,17,18). The van der Waals surface area contributed by atoms with Crippen LogP contribution in [0.5, 0.6) is 0 Å². The number of carbonyl (C=O) groups is 2. The van der Waals surface area contributed by atoms with Gasteiger partial charge in [0.1, 0.15) is 10.9 Å². The highest BCUT2D eigenvalue weighted by molar-refractivity contribution is 7.91. The van der Waals surface area contributed by atoms with Crippen molar-refractivity contribution in [3.05, 3.63) is 0 Å². The number of carbonyl (C=O) groups excluding carboxylic acids is 1. The maximum atomic E-state index is 12.5. The minimum absolute atomic E-state index is 0.159. The third kappa shape index (κ3) is 3.52. The van der Waals surface area contributed by atoms with Crippen molar-refractivity contribution in [3.8, 4) is 0 Å². The molecule has 2 aliphatic rings. The molecule has 0 bridgehead atoms. The zero-order chi connectivity index (χ0) is 16.4. The van der Waals surface area contributed by atoms with Crippen LogP contribution in [0.15, 0.2) is 0 Å². The molecule has 1 unspecified atom stereocenters. The monoisotopic (exact) mass is 333 g/mol. The van der Waals surface area contributed by atoms with Crippen LogP contribution in [0.1, 0.15) is 32.1 Å². The zero-order valence-corrected chi connectivity index (χ0v) is 13.5. The van der Waals surface area contributed by atoms with Crippen LogP contribution in [0.3, 0.4) is 0 Å². The number of piperazine rings is 1. The Morgan fingerprint density at radius 3 is 2.45 bits per heavy atom. The fourth-order valence-corrected chi connectivity index (χ4v) is 4.20. The molecular formula is C13H23N3O5S. The second-order valence-electron chi connectivity index (χ2n) is 6.06. The van der Waals surface area contributed by atoms with Gasteiger partial charge in [0, 0.05) is 25.9 Å². The first-order chi connectivity index (χ1) is 10.3. The first-order valence-corrected chi connectivity index (χ1v) is 9.43. The predicted molar refractivity (Wildman–Crippen MR) is 80.2 cm³/mol. The van der Waals surface area contributed by atoms with Gasteiger partial charge in [0.25, 0.3) is 0 Å². The fraction of sp³-hybridized carbons (Fsp3) is 0.846. The van der Waals surface area contributed by atoms with E-state index in [1.807, 2.05) is 0 Å². The number of carboxylic acids is 1. The van der Waals surface area contributed by atoms with Crippen LogP contribution in [-0.4, -0.2) is 67.2 Å². The van der Waals surface area contributed by atoms with Gasteiger partial charge in [-0.3, -0.25) is 0 Å².